The maximum atomic E-state index is 13.4. The Labute approximate surface area is 154 Å². The van der Waals surface area contributed by atoms with Crippen molar-refractivity contribution in [3.63, 3.8) is 0 Å². The highest BCUT2D eigenvalue weighted by Gasteiger charge is 2.20. The summed E-state index contributed by atoms with van der Waals surface area (Å²) >= 11 is 1.12. The van der Waals surface area contributed by atoms with E-state index >= 15 is 0 Å². The van der Waals surface area contributed by atoms with Crippen molar-refractivity contribution in [3.8, 4) is 11.4 Å². The first kappa shape index (κ1) is 18.1. The zero-order valence-corrected chi connectivity index (χ0v) is 15.2. The Hall–Kier alpha value is -2.74. The summed E-state index contributed by atoms with van der Waals surface area (Å²) in [6.07, 6.45) is 0.857. The molecule has 8 heteroatoms. The number of aromatic nitrogens is 3. The predicted octanol–water partition coefficient (Wildman–Crippen LogP) is 4.86. The molecule has 26 heavy (non-hydrogen) atoms. The molecule has 0 fully saturated rings. The molecule has 1 aromatic heterocycles. The third kappa shape index (κ3) is 3.75. The second kappa shape index (κ2) is 7.65. The van der Waals surface area contributed by atoms with Crippen LogP contribution >= 0.6 is 11.8 Å². The van der Waals surface area contributed by atoms with E-state index in [1.807, 2.05) is 42.7 Å². The quantitative estimate of drug-likeness (QED) is 0.456. The van der Waals surface area contributed by atoms with Crippen LogP contribution in [0.5, 0.6) is 0 Å². The van der Waals surface area contributed by atoms with Gasteiger partial charge in [-0.1, -0.05) is 30.7 Å². The van der Waals surface area contributed by atoms with Crippen LogP contribution in [-0.2, 0) is 6.54 Å². The third-order valence-electron chi connectivity index (χ3n) is 3.76. The first-order valence-corrected chi connectivity index (χ1v) is 8.93. The van der Waals surface area contributed by atoms with Crippen LogP contribution < -0.4 is 0 Å². The zero-order chi connectivity index (χ0) is 18.7. The molecule has 0 radical (unpaired) electrons. The highest BCUT2D eigenvalue weighted by molar-refractivity contribution is 7.99. The van der Waals surface area contributed by atoms with Crippen molar-refractivity contribution in [1.29, 1.82) is 0 Å². The summed E-state index contributed by atoms with van der Waals surface area (Å²) in [5.41, 5.74) is 1.77. The molecule has 0 aliphatic heterocycles. The fraction of sp³-hybridized carbons (Fsp3) is 0.222. The van der Waals surface area contributed by atoms with Crippen LogP contribution in [0.1, 0.15) is 18.9 Å². The molecule has 6 nitrogen and oxygen atoms in total. The smallest absolute Gasteiger partial charge is 0.286 e. The summed E-state index contributed by atoms with van der Waals surface area (Å²) in [6.45, 7) is 4.71. The number of rotatable bonds is 6. The van der Waals surface area contributed by atoms with Gasteiger partial charge in [0.05, 0.1) is 15.9 Å². The second-order valence-corrected chi connectivity index (χ2v) is 6.81. The number of nitrogens with zero attached hydrogens (tertiary/aromatic N) is 4. The lowest BCUT2D eigenvalue weighted by Gasteiger charge is -2.09. The van der Waals surface area contributed by atoms with Gasteiger partial charge >= 0.3 is 0 Å². The topological polar surface area (TPSA) is 73.8 Å². The molecule has 0 bridgehead atoms. The summed E-state index contributed by atoms with van der Waals surface area (Å²) in [5.74, 6) is 0.0688. The Morgan fingerprint density at radius 2 is 2.04 bits per heavy atom. The molecular weight excluding hydrogens is 355 g/mol. The minimum absolute atomic E-state index is 0.279. The number of nitro groups is 1. The van der Waals surface area contributed by atoms with E-state index in [1.54, 1.807) is 0 Å². The molecule has 3 aromatic rings. The molecular formula is C18H17FN4O2S. The minimum atomic E-state index is -0.642. The van der Waals surface area contributed by atoms with Gasteiger partial charge in [0, 0.05) is 12.1 Å². The second-order valence-electron chi connectivity index (χ2n) is 5.80. The molecule has 0 spiro atoms. The van der Waals surface area contributed by atoms with Gasteiger partial charge in [-0.3, -0.25) is 10.1 Å². The first-order chi connectivity index (χ1) is 12.5. The lowest BCUT2D eigenvalue weighted by Crippen LogP contribution is -2.02. The Morgan fingerprint density at radius 1 is 1.23 bits per heavy atom. The molecule has 0 aliphatic carbocycles. The highest BCUT2D eigenvalue weighted by atomic mass is 32.2. The maximum absolute atomic E-state index is 13.4. The van der Waals surface area contributed by atoms with Crippen molar-refractivity contribution in [3.05, 3.63) is 64.0 Å². The number of halogens is 1. The zero-order valence-electron chi connectivity index (χ0n) is 14.3. The van der Waals surface area contributed by atoms with Crippen molar-refractivity contribution in [2.75, 3.05) is 0 Å². The lowest BCUT2D eigenvalue weighted by atomic mass is 10.1. The number of benzene rings is 2. The van der Waals surface area contributed by atoms with Crippen LogP contribution in [0.3, 0.4) is 0 Å². The van der Waals surface area contributed by atoms with E-state index in [1.165, 1.54) is 12.1 Å². The van der Waals surface area contributed by atoms with E-state index in [-0.39, 0.29) is 5.69 Å². The number of aryl methyl sites for hydroxylation is 1. The van der Waals surface area contributed by atoms with Gasteiger partial charge in [0.2, 0.25) is 0 Å². The van der Waals surface area contributed by atoms with E-state index in [2.05, 4.69) is 10.2 Å². The van der Waals surface area contributed by atoms with Gasteiger partial charge in [-0.05, 0) is 43.3 Å². The fourth-order valence-electron chi connectivity index (χ4n) is 2.60. The van der Waals surface area contributed by atoms with Gasteiger partial charge in [-0.2, -0.15) is 0 Å². The molecule has 134 valence electrons. The summed E-state index contributed by atoms with van der Waals surface area (Å²) < 4.78 is 15.3. The van der Waals surface area contributed by atoms with Crippen LogP contribution in [0.2, 0.25) is 0 Å². The van der Waals surface area contributed by atoms with E-state index < -0.39 is 10.7 Å². The van der Waals surface area contributed by atoms with Crippen molar-refractivity contribution >= 4 is 17.4 Å². The van der Waals surface area contributed by atoms with Gasteiger partial charge in [0.1, 0.15) is 5.82 Å². The molecule has 2 aromatic carbocycles. The number of hydrogen-bond acceptors (Lipinski definition) is 5. The predicted molar refractivity (Wildman–Crippen MR) is 97.7 cm³/mol. The fourth-order valence-corrected chi connectivity index (χ4v) is 3.55. The molecule has 0 saturated heterocycles. The molecule has 0 atom stereocenters. The monoisotopic (exact) mass is 372 g/mol. The van der Waals surface area contributed by atoms with E-state index in [0.29, 0.717) is 22.4 Å². The Morgan fingerprint density at radius 3 is 2.73 bits per heavy atom. The van der Waals surface area contributed by atoms with Crippen molar-refractivity contribution in [1.82, 2.24) is 14.8 Å². The number of hydrogen-bond donors (Lipinski definition) is 0. The number of nitro benzene ring substituents is 1. The van der Waals surface area contributed by atoms with Crippen molar-refractivity contribution in [2.24, 2.45) is 0 Å². The van der Waals surface area contributed by atoms with E-state index in [4.69, 9.17) is 0 Å². The average Bonchev–Trinajstić information content (AvgIpc) is 2.99. The van der Waals surface area contributed by atoms with Gasteiger partial charge < -0.3 is 4.57 Å². The standard InChI is InChI=1S/C18H17FN4O2S/c1-3-9-22-17(13-6-4-5-12(2)10-13)20-21-18(22)26-16-8-7-14(19)11-15(16)23(24)25/h4-8,10-11H,3,9H2,1-2H3. The molecule has 0 N–H and O–H groups in total. The molecule has 3 rings (SSSR count). The molecule has 0 saturated carbocycles. The normalized spacial score (nSPS) is 10.9. The first-order valence-electron chi connectivity index (χ1n) is 8.11. The Kier molecular flexibility index (Phi) is 5.32. The highest BCUT2D eigenvalue weighted by Crippen LogP contribution is 2.36. The minimum Gasteiger partial charge on any atom is -0.302 e. The van der Waals surface area contributed by atoms with Crippen molar-refractivity contribution in [2.45, 2.75) is 36.9 Å². The summed E-state index contributed by atoms with van der Waals surface area (Å²) in [6, 6.07) is 11.5. The third-order valence-corrected chi connectivity index (χ3v) is 4.81. The summed E-state index contributed by atoms with van der Waals surface area (Å²) in [5, 5.41) is 20.3. The summed E-state index contributed by atoms with van der Waals surface area (Å²) in [7, 11) is 0. The Bertz CT molecular complexity index is 958. The summed E-state index contributed by atoms with van der Waals surface area (Å²) in [4.78, 5) is 11.0. The van der Waals surface area contributed by atoms with Gasteiger partial charge in [0.15, 0.2) is 11.0 Å². The van der Waals surface area contributed by atoms with Crippen LogP contribution in [0.25, 0.3) is 11.4 Å². The van der Waals surface area contributed by atoms with E-state index in [9.17, 15) is 14.5 Å². The molecule has 0 amide bonds. The van der Waals surface area contributed by atoms with Crippen LogP contribution in [0.4, 0.5) is 10.1 Å². The van der Waals surface area contributed by atoms with Crippen LogP contribution in [0.15, 0.2) is 52.5 Å². The van der Waals surface area contributed by atoms with Gasteiger partial charge in [0.25, 0.3) is 5.69 Å². The van der Waals surface area contributed by atoms with E-state index in [0.717, 1.165) is 35.4 Å². The molecule has 1 heterocycles. The SMILES string of the molecule is CCCn1c(Sc2ccc(F)cc2[N+](=O)[O-])nnc1-c1cccc(C)c1. The van der Waals surface area contributed by atoms with Crippen LogP contribution in [0, 0.1) is 22.9 Å². The molecule has 0 aliphatic rings. The van der Waals surface area contributed by atoms with Gasteiger partial charge in [-0.25, -0.2) is 4.39 Å². The average molecular weight is 372 g/mol. The molecule has 0 unspecified atom stereocenters. The Balaban J connectivity index is 2.03. The van der Waals surface area contributed by atoms with Crippen LogP contribution in [-0.4, -0.2) is 19.7 Å². The van der Waals surface area contributed by atoms with Gasteiger partial charge in [-0.15, -0.1) is 10.2 Å². The lowest BCUT2D eigenvalue weighted by molar-refractivity contribution is -0.387. The maximum Gasteiger partial charge on any atom is 0.286 e. The van der Waals surface area contributed by atoms with Crippen molar-refractivity contribution < 1.29 is 9.31 Å². The largest absolute Gasteiger partial charge is 0.302 e.